The van der Waals surface area contributed by atoms with Crippen molar-refractivity contribution < 1.29 is 8.76 Å². The molecule has 0 aliphatic carbocycles. The first kappa shape index (κ1) is 19.3. The maximum absolute atomic E-state index is 11.0. The zero-order chi connectivity index (χ0) is 19.5. The number of pyridine rings is 1. The molecule has 8 heteroatoms. The Hall–Kier alpha value is -2.06. The lowest BCUT2D eigenvalue weighted by molar-refractivity contribution is 0.238. The van der Waals surface area contributed by atoms with Gasteiger partial charge in [0.1, 0.15) is 5.69 Å². The standard InChI is InChI=1S/C20H21ClN4O2S/c21-17-3-1-15(2-4-17)19-18(14-5-9-22-10-6-14)20(24-23-19)16-7-11-25(12-8-16)13-28(26)27/h1-6,9-10,16H,7-8,11-13H2,(H,23,24)(H,26,27)/p-1. The SMILES string of the molecule is O=S([O-])CN1CCC(c2[nH]nc(-c3ccc(Cl)cc3)c2-c2ccncc2)CC1. The summed E-state index contributed by atoms with van der Waals surface area (Å²) in [7, 11) is 0. The Kier molecular flexibility index (Phi) is 5.87. The average Bonchev–Trinajstić information content (AvgIpc) is 3.14. The first-order chi connectivity index (χ1) is 13.6. The fourth-order valence-corrected chi connectivity index (χ4v) is 4.46. The van der Waals surface area contributed by atoms with Crippen molar-refractivity contribution in [2.45, 2.75) is 18.8 Å². The Morgan fingerprint density at radius 1 is 1.11 bits per heavy atom. The summed E-state index contributed by atoms with van der Waals surface area (Å²) < 4.78 is 21.9. The Morgan fingerprint density at radius 3 is 2.43 bits per heavy atom. The van der Waals surface area contributed by atoms with Crippen LogP contribution < -0.4 is 0 Å². The lowest BCUT2D eigenvalue weighted by Crippen LogP contribution is -2.35. The van der Waals surface area contributed by atoms with Gasteiger partial charge in [0.2, 0.25) is 0 Å². The van der Waals surface area contributed by atoms with Gasteiger partial charge in [0.25, 0.3) is 0 Å². The Labute approximate surface area is 171 Å². The molecule has 0 saturated carbocycles. The van der Waals surface area contributed by atoms with Crippen LogP contribution in [0.5, 0.6) is 0 Å². The monoisotopic (exact) mass is 415 g/mol. The fourth-order valence-electron chi connectivity index (χ4n) is 3.78. The summed E-state index contributed by atoms with van der Waals surface area (Å²) in [4.78, 5) is 6.11. The summed E-state index contributed by atoms with van der Waals surface area (Å²) in [6.07, 6.45) is 5.34. The molecular formula is C20H20ClN4O2S-. The Balaban J connectivity index is 1.68. The molecule has 4 rings (SSSR count). The van der Waals surface area contributed by atoms with Crippen LogP contribution in [0.4, 0.5) is 0 Å². The van der Waals surface area contributed by atoms with Gasteiger partial charge in [-0.3, -0.25) is 19.2 Å². The fraction of sp³-hybridized carbons (Fsp3) is 0.300. The average molecular weight is 416 g/mol. The molecule has 2 aromatic heterocycles. The van der Waals surface area contributed by atoms with E-state index in [1.54, 1.807) is 12.4 Å². The number of H-pyrrole nitrogens is 1. The molecule has 3 aromatic rings. The van der Waals surface area contributed by atoms with Gasteiger partial charge in [0.05, 0.1) is 5.88 Å². The quantitative estimate of drug-likeness (QED) is 0.640. The van der Waals surface area contributed by atoms with Crippen LogP contribution in [-0.4, -0.2) is 47.8 Å². The number of halogens is 1. The third-order valence-electron chi connectivity index (χ3n) is 5.16. The van der Waals surface area contributed by atoms with Gasteiger partial charge in [-0.05, 0) is 66.8 Å². The normalized spacial score (nSPS) is 16.9. The van der Waals surface area contributed by atoms with Crippen molar-refractivity contribution >= 4 is 22.7 Å². The third kappa shape index (κ3) is 4.17. The van der Waals surface area contributed by atoms with Gasteiger partial charge < -0.3 is 4.55 Å². The zero-order valence-corrected chi connectivity index (χ0v) is 16.7. The van der Waals surface area contributed by atoms with E-state index in [-0.39, 0.29) is 5.88 Å². The van der Waals surface area contributed by atoms with Crippen molar-refractivity contribution in [2.24, 2.45) is 0 Å². The van der Waals surface area contributed by atoms with E-state index in [2.05, 4.69) is 15.2 Å². The van der Waals surface area contributed by atoms with Crippen molar-refractivity contribution in [3.05, 3.63) is 59.5 Å². The van der Waals surface area contributed by atoms with Gasteiger partial charge in [-0.1, -0.05) is 23.7 Å². The summed E-state index contributed by atoms with van der Waals surface area (Å²) in [6.45, 7) is 1.51. The molecule has 1 unspecified atom stereocenters. The number of hydrogen-bond acceptors (Lipinski definition) is 5. The van der Waals surface area contributed by atoms with Gasteiger partial charge >= 0.3 is 0 Å². The van der Waals surface area contributed by atoms with Crippen molar-refractivity contribution in [1.82, 2.24) is 20.1 Å². The van der Waals surface area contributed by atoms with Gasteiger partial charge in [-0.15, -0.1) is 0 Å². The van der Waals surface area contributed by atoms with E-state index in [0.717, 1.165) is 54.0 Å². The smallest absolute Gasteiger partial charge is 0.100 e. The number of benzene rings is 1. The molecule has 6 nitrogen and oxygen atoms in total. The zero-order valence-electron chi connectivity index (χ0n) is 15.2. The van der Waals surface area contributed by atoms with E-state index in [1.165, 1.54) is 0 Å². The minimum absolute atomic E-state index is 0.100. The first-order valence-electron chi connectivity index (χ1n) is 9.14. The molecule has 1 saturated heterocycles. The van der Waals surface area contributed by atoms with Crippen LogP contribution in [0.3, 0.4) is 0 Å². The molecule has 146 valence electrons. The van der Waals surface area contributed by atoms with E-state index < -0.39 is 11.1 Å². The molecule has 1 atom stereocenters. The molecule has 0 radical (unpaired) electrons. The second-order valence-electron chi connectivity index (χ2n) is 6.93. The summed E-state index contributed by atoms with van der Waals surface area (Å²) in [5.41, 5.74) is 5.13. The second-order valence-corrected chi connectivity index (χ2v) is 8.23. The third-order valence-corrected chi connectivity index (χ3v) is 5.99. The summed E-state index contributed by atoms with van der Waals surface area (Å²) >= 11 is 4.01. The highest BCUT2D eigenvalue weighted by molar-refractivity contribution is 7.79. The number of hydrogen-bond donors (Lipinski definition) is 1. The number of aromatic nitrogens is 3. The van der Waals surface area contributed by atoms with E-state index in [9.17, 15) is 8.76 Å². The van der Waals surface area contributed by atoms with Crippen LogP contribution in [0.1, 0.15) is 24.5 Å². The lowest BCUT2D eigenvalue weighted by atomic mass is 9.88. The van der Waals surface area contributed by atoms with Crippen molar-refractivity contribution in [3.8, 4) is 22.4 Å². The number of likely N-dealkylation sites (tertiary alicyclic amines) is 1. The van der Waals surface area contributed by atoms with Crippen LogP contribution in [0, 0.1) is 0 Å². The molecule has 1 N–H and O–H groups in total. The highest BCUT2D eigenvalue weighted by Crippen LogP contribution is 2.39. The molecule has 1 aromatic carbocycles. The van der Waals surface area contributed by atoms with E-state index in [1.807, 2.05) is 41.3 Å². The van der Waals surface area contributed by atoms with Crippen molar-refractivity contribution in [2.75, 3.05) is 19.0 Å². The van der Waals surface area contributed by atoms with Gasteiger partial charge in [-0.2, -0.15) is 5.10 Å². The Morgan fingerprint density at radius 2 is 1.79 bits per heavy atom. The highest BCUT2D eigenvalue weighted by atomic mass is 35.5. The van der Waals surface area contributed by atoms with Crippen LogP contribution >= 0.6 is 11.6 Å². The molecule has 1 fully saturated rings. The molecule has 0 bridgehead atoms. The largest absolute Gasteiger partial charge is 0.771 e. The first-order valence-corrected chi connectivity index (χ1v) is 10.8. The number of aromatic amines is 1. The summed E-state index contributed by atoms with van der Waals surface area (Å²) in [5, 5.41) is 8.59. The van der Waals surface area contributed by atoms with Crippen LogP contribution in [0.2, 0.25) is 5.02 Å². The summed E-state index contributed by atoms with van der Waals surface area (Å²) in [5.74, 6) is 0.399. The van der Waals surface area contributed by atoms with Crippen LogP contribution in [0.15, 0.2) is 48.8 Å². The molecular weight excluding hydrogens is 396 g/mol. The number of piperidine rings is 1. The molecule has 28 heavy (non-hydrogen) atoms. The Bertz CT molecular complexity index is 954. The van der Waals surface area contributed by atoms with Crippen molar-refractivity contribution in [1.29, 1.82) is 0 Å². The molecule has 0 spiro atoms. The predicted octanol–water partition coefficient (Wildman–Crippen LogP) is 3.81. The second kappa shape index (κ2) is 8.53. The molecule has 3 heterocycles. The molecule has 1 aliphatic heterocycles. The molecule has 0 amide bonds. The summed E-state index contributed by atoms with van der Waals surface area (Å²) in [6, 6.07) is 11.7. The van der Waals surface area contributed by atoms with Gasteiger partial charge in [0.15, 0.2) is 0 Å². The highest BCUT2D eigenvalue weighted by Gasteiger charge is 2.27. The number of nitrogens with zero attached hydrogens (tertiary/aromatic N) is 3. The minimum Gasteiger partial charge on any atom is -0.771 e. The topological polar surface area (TPSA) is 84.9 Å². The van der Waals surface area contributed by atoms with Crippen molar-refractivity contribution in [3.63, 3.8) is 0 Å². The van der Waals surface area contributed by atoms with Crippen LogP contribution in [0.25, 0.3) is 22.4 Å². The maximum atomic E-state index is 11.0. The lowest BCUT2D eigenvalue weighted by Gasteiger charge is -2.32. The van der Waals surface area contributed by atoms with E-state index in [4.69, 9.17) is 11.6 Å². The number of nitrogens with one attached hydrogen (secondary N) is 1. The number of rotatable bonds is 5. The molecule has 1 aliphatic rings. The predicted molar refractivity (Wildman–Crippen MR) is 110 cm³/mol. The van der Waals surface area contributed by atoms with Gasteiger partial charge in [-0.25, -0.2) is 0 Å². The van der Waals surface area contributed by atoms with E-state index >= 15 is 0 Å². The van der Waals surface area contributed by atoms with Gasteiger partial charge in [0, 0.05) is 40.2 Å². The van der Waals surface area contributed by atoms with Crippen LogP contribution in [-0.2, 0) is 11.1 Å². The van der Waals surface area contributed by atoms with E-state index in [0.29, 0.717) is 10.9 Å². The minimum atomic E-state index is -2.04. The maximum Gasteiger partial charge on any atom is 0.100 e.